The van der Waals surface area contributed by atoms with Gasteiger partial charge in [-0.2, -0.15) is 0 Å². The topological polar surface area (TPSA) is 49.3 Å². The molecule has 3 nitrogen and oxygen atoms in total. The van der Waals surface area contributed by atoms with Gasteiger partial charge in [-0.25, -0.2) is 8.78 Å². The van der Waals surface area contributed by atoms with Crippen LogP contribution in [-0.2, 0) is 4.79 Å². The lowest BCUT2D eigenvalue weighted by Crippen LogP contribution is -2.29. The average molecular weight is 337 g/mol. The van der Waals surface area contributed by atoms with E-state index >= 15 is 0 Å². The van der Waals surface area contributed by atoms with Crippen LogP contribution in [0.5, 0.6) is 0 Å². The third-order valence-corrected chi connectivity index (χ3v) is 4.42. The Morgan fingerprint density at radius 2 is 1.91 bits per heavy atom. The number of hydrogen-bond donors (Lipinski definition) is 2. The molecule has 0 aliphatic heterocycles. The Balaban J connectivity index is 2.21. The van der Waals surface area contributed by atoms with Gasteiger partial charge >= 0.3 is 0 Å². The molecule has 0 aliphatic rings. The van der Waals surface area contributed by atoms with Crippen LogP contribution >= 0.6 is 11.8 Å². The number of nitrogens with one attached hydrogen (secondary N) is 1. The van der Waals surface area contributed by atoms with Crippen LogP contribution in [0.1, 0.15) is 17.2 Å². The Morgan fingerprint density at radius 3 is 2.57 bits per heavy atom. The van der Waals surface area contributed by atoms with Gasteiger partial charge in [-0.05, 0) is 24.1 Å². The highest BCUT2D eigenvalue weighted by molar-refractivity contribution is 8.00. The number of aliphatic hydroxyl groups excluding tert-OH is 1. The fourth-order valence-electron chi connectivity index (χ4n) is 1.98. The molecular weight excluding hydrogens is 320 g/mol. The Kier molecular flexibility index (Phi) is 6.55. The first-order valence-corrected chi connectivity index (χ1v) is 8.05. The zero-order valence-electron chi connectivity index (χ0n) is 12.3. The molecule has 0 radical (unpaired) electrons. The molecule has 1 atom stereocenters. The average Bonchev–Trinajstić information content (AvgIpc) is 2.55. The number of rotatable bonds is 7. The summed E-state index contributed by atoms with van der Waals surface area (Å²) in [6.07, 6.45) is 0.447. The van der Waals surface area contributed by atoms with E-state index in [0.717, 1.165) is 29.5 Å². The highest BCUT2D eigenvalue weighted by Crippen LogP contribution is 2.36. The van der Waals surface area contributed by atoms with Gasteiger partial charge in [0.05, 0.1) is 0 Å². The van der Waals surface area contributed by atoms with Crippen molar-refractivity contribution in [3.63, 3.8) is 0 Å². The number of carbonyl (C=O) groups is 1. The maximum absolute atomic E-state index is 13.9. The van der Waals surface area contributed by atoms with Crippen molar-refractivity contribution in [1.82, 2.24) is 5.32 Å². The zero-order chi connectivity index (χ0) is 16.7. The van der Waals surface area contributed by atoms with E-state index in [1.807, 2.05) is 6.07 Å². The summed E-state index contributed by atoms with van der Waals surface area (Å²) in [4.78, 5) is 12.6. The van der Waals surface area contributed by atoms with E-state index in [-0.39, 0.29) is 17.4 Å². The van der Waals surface area contributed by atoms with Crippen molar-refractivity contribution in [1.29, 1.82) is 0 Å². The number of thioether (sulfide) groups is 1. The summed E-state index contributed by atoms with van der Waals surface area (Å²) in [5.74, 6) is -1.63. The molecule has 0 spiro atoms. The van der Waals surface area contributed by atoms with Crippen LogP contribution in [0.15, 0.2) is 53.4 Å². The molecule has 0 aromatic heterocycles. The van der Waals surface area contributed by atoms with E-state index < -0.39 is 16.9 Å². The van der Waals surface area contributed by atoms with Gasteiger partial charge in [0, 0.05) is 24.1 Å². The second kappa shape index (κ2) is 8.64. The van der Waals surface area contributed by atoms with Crippen LogP contribution in [-0.4, -0.2) is 24.2 Å². The predicted molar refractivity (Wildman–Crippen MR) is 86.1 cm³/mol. The van der Waals surface area contributed by atoms with Crippen LogP contribution in [0.2, 0.25) is 0 Å². The SMILES string of the molecule is O=C(NCCCO)C(Sc1ccc(F)cc1F)c1ccccc1. The maximum atomic E-state index is 13.9. The van der Waals surface area contributed by atoms with E-state index in [1.165, 1.54) is 6.07 Å². The zero-order valence-corrected chi connectivity index (χ0v) is 13.2. The highest BCUT2D eigenvalue weighted by atomic mass is 32.2. The standard InChI is InChI=1S/C17H17F2NO2S/c18-13-7-8-15(14(19)11-13)23-16(12-5-2-1-3-6-12)17(22)20-9-4-10-21/h1-3,5-8,11,16,21H,4,9-10H2,(H,20,22). The minimum Gasteiger partial charge on any atom is -0.396 e. The molecule has 0 fully saturated rings. The second-order valence-corrected chi connectivity index (χ2v) is 6.00. The molecule has 23 heavy (non-hydrogen) atoms. The first kappa shape index (κ1) is 17.4. The summed E-state index contributed by atoms with van der Waals surface area (Å²) in [7, 11) is 0. The summed E-state index contributed by atoms with van der Waals surface area (Å²) in [6, 6.07) is 12.3. The molecule has 1 unspecified atom stereocenters. The minimum atomic E-state index is -0.695. The molecule has 122 valence electrons. The predicted octanol–water partition coefficient (Wildman–Crippen LogP) is 3.30. The monoisotopic (exact) mass is 337 g/mol. The van der Waals surface area contributed by atoms with Gasteiger partial charge in [0.2, 0.25) is 5.91 Å². The molecule has 6 heteroatoms. The van der Waals surface area contributed by atoms with Gasteiger partial charge in [0.15, 0.2) is 0 Å². The number of carbonyl (C=O) groups excluding carboxylic acids is 1. The normalized spacial score (nSPS) is 12.0. The number of benzene rings is 2. The molecule has 2 aromatic carbocycles. The Hall–Kier alpha value is -1.92. The van der Waals surface area contributed by atoms with E-state index in [9.17, 15) is 13.6 Å². The van der Waals surface area contributed by atoms with Crippen molar-refractivity contribution >= 4 is 17.7 Å². The van der Waals surface area contributed by atoms with Crippen molar-refractivity contribution in [3.05, 3.63) is 65.7 Å². The molecule has 0 saturated carbocycles. The molecule has 0 saturated heterocycles. The third-order valence-electron chi connectivity index (χ3n) is 3.11. The smallest absolute Gasteiger partial charge is 0.237 e. The van der Waals surface area contributed by atoms with Crippen LogP contribution < -0.4 is 5.32 Å². The summed E-state index contributed by atoms with van der Waals surface area (Å²) in [6.45, 7) is 0.321. The third kappa shape index (κ3) is 5.04. The molecule has 2 aromatic rings. The quantitative estimate of drug-likeness (QED) is 0.602. The van der Waals surface area contributed by atoms with Crippen molar-refractivity contribution < 1.29 is 18.7 Å². The van der Waals surface area contributed by atoms with E-state index in [2.05, 4.69) is 5.32 Å². The molecule has 0 aliphatic carbocycles. The van der Waals surface area contributed by atoms with Crippen LogP contribution in [0, 0.1) is 11.6 Å². The van der Waals surface area contributed by atoms with Crippen molar-refractivity contribution in [2.24, 2.45) is 0 Å². The van der Waals surface area contributed by atoms with E-state index in [4.69, 9.17) is 5.11 Å². The molecule has 0 heterocycles. The number of amides is 1. The number of aliphatic hydroxyl groups is 1. The lowest BCUT2D eigenvalue weighted by Gasteiger charge is -2.17. The molecule has 1 amide bonds. The number of hydrogen-bond acceptors (Lipinski definition) is 3. The first-order valence-electron chi connectivity index (χ1n) is 7.17. The highest BCUT2D eigenvalue weighted by Gasteiger charge is 2.23. The van der Waals surface area contributed by atoms with Crippen LogP contribution in [0.4, 0.5) is 8.78 Å². The molecule has 2 rings (SSSR count). The Morgan fingerprint density at radius 1 is 1.17 bits per heavy atom. The van der Waals surface area contributed by atoms with Gasteiger partial charge < -0.3 is 10.4 Å². The lowest BCUT2D eigenvalue weighted by molar-refractivity contribution is -0.120. The van der Waals surface area contributed by atoms with Gasteiger partial charge in [0.25, 0.3) is 0 Å². The van der Waals surface area contributed by atoms with Gasteiger partial charge in [0.1, 0.15) is 16.9 Å². The summed E-state index contributed by atoms with van der Waals surface area (Å²) >= 11 is 1.03. The summed E-state index contributed by atoms with van der Waals surface area (Å²) in [5.41, 5.74) is 0.725. The van der Waals surface area contributed by atoms with Gasteiger partial charge in [-0.1, -0.05) is 30.3 Å². The second-order valence-electron chi connectivity index (χ2n) is 4.85. The molecule has 2 N–H and O–H groups in total. The van der Waals surface area contributed by atoms with Crippen LogP contribution in [0.3, 0.4) is 0 Å². The van der Waals surface area contributed by atoms with Crippen molar-refractivity contribution in [2.45, 2.75) is 16.6 Å². The summed E-state index contributed by atoms with van der Waals surface area (Å²) in [5, 5.41) is 10.9. The lowest BCUT2D eigenvalue weighted by atomic mass is 10.1. The number of halogens is 2. The first-order chi connectivity index (χ1) is 11.1. The Bertz CT molecular complexity index is 652. The van der Waals surface area contributed by atoms with Crippen LogP contribution in [0.25, 0.3) is 0 Å². The summed E-state index contributed by atoms with van der Waals surface area (Å²) < 4.78 is 26.9. The Labute approximate surface area is 137 Å². The van der Waals surface area contributed by atoms with E-state index in [0.29, 0.717) is 13.0 Å². The maximum Gasteiger partial charge on any atom is 0.237 e. The van der Waals surface area contributed by atoms with Gasteiger partial charge in [-0.3, -0.25) is 4.79 Å². The van der Waals surface area contributed by atoms with Crippen molar-refractivity contribution in [2.75, 3.05) is 13.2 Å². The molecule has 0 bridgehead atoms. The van der Waals surface area contributed by atoms with Gasteiger partial charge in [-0.15, -0.1) is 11.8 Å². The van der Waals surface area contributed by atoms with E-state index in [1.54, 1.807) is 24.3 Å². The fourth-order valence-corrected chi connectivity index (χ4v) is 3.04. The molecular formula is C17H17F2NO2S. The largest absolute Gasteiger partial charge is 0.396 e. The minimum absolute atomic E-state index is 0.0178. The van der Waals surface area contributed by atoms with Crippen molar-refractivity contribution in [3.8, 4) is 0 Å². The fraction of sp³-hybridized carbons (Fsp3) is 0.235.